The SMILES string of the molecule is COc1ccc(S(=O)(=O)N(CC2CCNCC2)C(O)(NC(=O)OC2CCOC2)C(C)Cc2ccccc2)cc1. The van der Waals surface area contributed by atoms with Crippen LogP contribution in [0.4, 0.5) is 4.79 Å². The lowest BCUT2D eigenvalue weighted by atomic mass is 9.93. The van der Waals surface area contributed by atoms with Crippen molar-refractivity contribution in [2.24, 2.45) is 11.8 Å². The van der Waals surface area contributed by atoms with Crippen LogP contribution in [0.3, 0.4) is 0 Å². The van der Waals surface area contributed by atoms with Gasteiger partial charge >= 0.3 is 6.09 Å². The van der Waals surface area contributed by atoms with Crippen molar-refractivity contribution in [3.05, 3.63) is 60.2 Å². The van der Waals surface area contributed by atoms with Gasteiger partial charge in [0.05, 0.1) is 25.2 Å². The van der Waals surface area contributed by atoms with Crippen LogP contribution in [-0.4, -0.2) is 75.8 Å². The molecule has 2 aromatic rings. The summed E-state index contributed by atoms with van der Waals surface area (Å²) >= 11 is 0. The van der Waals surface area contributed by atoms with Crippen molar-refractivity contribution in [3.8, 4) is 5.75 Å². The van der Waals surface area contributed by atoms with Crippen molar-refractivity contribution in [1.29, 1.82) is 0 Å². The van der Waals surface area contributed by atoms with Gasteiger partial charge in [-0.15, -0.1) is 4.31 Å². The van der Waals surface area contributed by atoms with E-state index in [-0.39, 0.29) is 24.0 Å². The maximum Gasteiger partial charge on any atom is 0.410 e. The number of aliphatic hydroxyl groups is 1. The molecule has 2 aliphatic heterocycles. The van der Waals surface area contributed by atoms with Gasteiger partial charge in [-0.25, -0.2) is 13.2 Å². The molecule has 3 N–H and O–H groups in total. The molecule has 0 spiro atoms. The lowest BCUT2D eigenvalue weighted by Crippen LogP contribution is -2.67. The quantitative estimate of drug-likeness (QED) is 0.358. The lowest BCUT2D eigenvalue weighted by Gasteiger charge is -2.44. The lowest BCUT2D eigenvalue weighted by molar-refractivity contribution is -0.131. The van der Waals surface area contributed by atoms with E-state index in [0.29, 0.717) is 25.2 Å². The van der Waals surface area contributed by atoms with Crippen molar-refractivity contribution in [1.82, 2.24) is 14.9 Å². The molecule has 2 fully saturated rings. The zero-order valence-electron chi connectivity index (χ0n) is 22.5. The van der Waals surface area contributed by atoms with E-state index in [4.69, 9.17) is 14.2 Å². The van der Waals surface area contributed by atoms with Crippen LogP contribution in [0.15, 0.2) is 59.5 Å². The number of hydrogen-bond acceptors (Lipinski definition) is 8. The molecule has 2 aliphatic rings. The van der Waals surface area contributed by atoms with E-state index in [0.717, 1.165) is 35.8 Å². The number of methoxy groups -OCH3 is 1. The van der Waals surface area contributed by atoms with Gasteiger partial charge in [0.1, 0.15) is 11.9 Å². The van der Waals surface area contributed by atoms with Crippen LogP contribution < -0.4 is 15.4 Å². The Labute approximate surface area is 230 Å². The van der Waals surface area contributed by atoms with Gasteiger partial charge in [0, 0.05) is 18.9 Å². The summed E-state index contributed by atoms with van der Waals surface area (Å²) in [5.74, 6) is -2.53. The first kappa shape index (κ1) is 29.3. The molecular weight excluding hydrogens is 522 g/mol. The van der Waals surface area contributed by atoms with Crippen molar-refractivity contribution >= 4 is 16.1 Å². The Kier molecular flexibility index (Phi) is 9.84. The maximum absolute atomic E-state index is 14.2. The highest BCUT2D eigenvalue weighted by Crippen LogP contribution is 2.33. The topological polar surface area (TPSA) is 126 Å². The van der Waals surface area contributed by atoms with Gasteiger partial charge in [0.15, 0.2) is 0 Å². The first-order valence-corrected chi connectivity index (χ1v) is 14.9. The third-order valence-electron chi connectivity index (χ3n) is 7.43. The van der Waals surface area contributed by atoms with E-state index in [2.05, 4.69) is 10.6 Å². The molecule has 0 saturated carbocycles. The molecule has 2 saturated heterocycles. The van der Waals surface area contributed by atoms with E-state index in [1.807, 2.05) is 30.3 Å². The highest BCUT2D eigenvalue weighted by molar-refractivity contribution is 7.89. The fourth-order valence-corrected chi connectivity index (χ4v) is 6.81. The number of nitrogens with zero attached hydrogens (tertiary/aromatic N) is 1. The zero-order chi connectivity index (χ0) is 27.9. The molecule has 3 unspecified atom stereocenters. The normalized spacial score (nSPS) is 20.8. The van der Waals surface area contributed by atoms with Gasteiger partial charge in [0.2, 0.25) is 15.9 Å². The van der Waals surface area contributed by atoms with Gasteiger partial charge < -0.3 is 24.6 Å². The third kappa shape index (κ3) is 7.29. The number of alkyl carbamates (subject to hydrolysis) is 1. The number of carbonyl (C=O) groups excluding carboxylic acids is 1. The predicted octanol–water partition coefficient (Wildman–Crippen LogP) is 2.73. The molecule has 10 nitrogen and oxygen atoms in total. The van der Waals surface area contributed by atoms with Crippen molar-refractivity contribution in [3.63, 3.8) is 0 Å². The van der Waals surface area contributed by atoms with E-state index in [1.54, 1.807) is 19.1 Å². The van der Waals surface area contributed by atoms with Gasteiger partial charge in [-0.2, -0.15) is 0 Å². The van der Waals surface area contributed by atoms with Crippen molar-refractivity contribution in [2.45, 2.75) is 49.5 Å². The number of carbonyl (C=O) groups is 1. The number of benzene rings is 2. The Morgan fingerprint density at radius 3 is 2.46 bits per heavy atom. The summed E-state index contributed by atoms with van der Waals surface area (Å²) < 4.78 is 45.5. The van der Waals surface area contributed by atoms with Crippen molar-refractivity contribution in [2.75, 3.05) is 40.0 Å². The molecule has 2 aromatic carbocycles. The molecule has 4 rings (SSSR count). The molecular formula is C28H39N3O7S. The molecule has 11 heteroatoms. The summed E-state index contributed by atoms with van der Waals surface area (Å²) in [6, 6.07) is 15.5. The van der Waals surface area contributed by atoms with Gasteiger partial charge in [-0.05, 0) is 68.1 Å². The smallest absolute Gasteiger partial charge is 0.410 e. The second kappa shape index (κ2) is 13.1. The predicted molar refractivity (Wildman–Crippen MR) is 146 cm³/mol. The molecule has 3 atom stereocenters. The third-order valence-corrected chi connectivity index (χ3v) is 9.31. The Balaban J connectivity index is 1.73. The van der Waals surface area contributed by atoms with Crippen LogP contribution in [0.5, 0.6) is 5.75 Å². The van der Waals surface area contributed by atoms with Crippen LogP contribution >= 0.6 is 0 Å². The molecule has 214 valence electrons. The summed E-state index contributed by atoms with van der Waals surface area (Å²) in [5, 5.41) is 18.2. The van der Waals surface area contributed by atoms with E-state index < -0.39 is 34.0 Å². The minimum atomic E-state index is -4.28. The largest absolute Gasteiger partial charge is 0.497 e. The zero-order valence-corrected chi connectivity index (χ0v) is 23.4. The Bertz CT molecular complexity index is 1170. The van der Waals surface area contributed by atoms with Gasteiger partial charge in [0.25, 0.3) is 0 Å². The van der Waals surface area contributed by atoms with Crippen LogP contribution in [0.1, 0.15) is 31.7 Å². The van der Waals surface area contributed by atoms with Gasteiger partial charge in [-0.1, -0.05) is 37.3 Å². The fourth-order valence-electron chi connectivity index (χ4n) is 5.07. The van der Waals surface area contributed by atoms with E-state index >= 15 is 0 Å². The number of ether oxygens (including phenoxy) is 3. The summed E-state index contributed by atoms with van der Waals surface area (Å²) in [6.07, 6.45) is 0.964. The first-order chi connectivity index (χ1) is 18.7. The summed E-state index contributed by atoms with van der Waals surface area (Å²) in [6.45, 7) is 3.98. The Hall–Kier alpha value is -2.70. The number of hydrogen-bond donors (Lipinski definition) is 3. The van der Waals surface area contributed by atoms with E-state index in [1.165, 1.54) is 19.2 Å². The van der Waals surface area contributed by atoms with Crippen molar-refractivity contribution < 1.29 is 32.5 Å². The first-order valence-electron chi connectivity index (χ1n) is 13.4. The average molecular weight is 562 g/mol. The maximum atomic E-state index is 14.2. The number of sulfonamides is 1. The molecule has 39 heavy (non-hydrogen) atoms. The molecule has 0 aromatic heterocycles. The second-order valence-corrected chi connectivity index (χ2v) is 12.1. The number of piperidine rings is 1. The number of nitrogens with one attached hydrogen (secondary N) is 2. The molecule has 0 aliphatic carbocycles. The minimum Gasteiger partial charge on any atom is -0.497 e. The highest BCUT2D eigenvalue weighted by Gasteiger charge is 2.49. The number of amides is 1. The van der Waals surface area contributed by atoms with E-state index in [9.17, 15) is 18.3 Å². The fraction of sp³-hybridized carbons (Fsp3) is 0.536. The van der Waals surface area contributed by atoms with Crippen LogP contribution in [-0.2, 0) is 25.9 Å². The van der Waals surface area contributed by atoms with Crippen LogP contribution in [0.25, 0.3) is 0 Å². The minimum absolute atomic E-state index is 0.0121. The Morgan fingerprint density at radius 2 is 1.85 bits per heavy atom. The van der Waals surface area contributed by atoms with Crippen LogP contribution in [0, 0.1) is 11.8 Å². The van der Waals surface area contributed by atoms with Crippen LogP contribution in [0.2, 0.25) is 0 Å². The summed E-state index contributed by atoms with van der Waals surface area (Å²) in [4.78, 5) is 13.1. The monoisotopic (exact) mass is 561 g/mol. The molecule has 0 bridgehead atoms. The summed E-state index contributed by atoms with van der Waals surface area (Å²) in [5.41, 5.74) is 0.895. The van der Waals surface area contributed by atoms with Gasteiger partial charge in [-0.3, -0.25) is 5.32 Å². The second-order valence-electron chi connectivity index (χ2n) is 10.2. The highest BCUT2D eigenvalue weighted by atomic mass is 32.2. The summed E-state index contributed by atoms with van der Waals surface area (Å²) in [7, 11) is -2.78. The number of rotatable bonds is 11. The standard InChI is InChI=1S/C28H39N3O7S/c1-21(18-22-6-4-3-5-7-22)28(33,30-27(32)38-25-14-17-37-20-25)31(19-23-12-15-29-16-13-23)39(34,35)26-10-8-24(36-2)9-11-26/h3-11,21,23,25,29,33H,12-20H2,1-2H3,(H,30,32). The average Bonchev–Trinajstić information content (AvgIpc) is 3.45. The Morgan fingerprint density at radius 1 is 1.15 bits per heavy atom. The molecule has 0 radical (unpaired) electrons. The molecule has 1 amide bonds. The molecule has 2 heterocycles.